The van der Waals surface area contributed by atoms with E-state index in [4.69, 9.17) is 4.99 Å². The van der Waals surface area contributed by atoms with Gasteiger partial charge in [0.05, 0.1) is 13.1 Å². The first kappa shape index (κ1) is 19.3. The molecule has 0 saturated heterocycles. The number of guanidine groups is 1. The van der Waals surface area contributed by atoms with Crippen molar-refractivity contribution in [2.24, 2.45) is 4.99 Å². The molecule has 0 unspecified atom stereocenters. The third-order valence-corrected chi connectivity index (χ3v) is 4.05. The van der Waals surface area contributed by atoms with Crippen LogP contribution in [0.1, 0.15) is 23.7 Å². The number of para-hydroxylation sites is 1. The molecule has 1 aromatic heterocycles. The molecule has 0 aliphatic rings. The van der Waals surface area contributed by atoms with Crippen LogP contribution in [0.2, 0.25) is 0 Å². The predicted octanol–water partition coefficient (Wildman–Crippen LogP) is 4.35. The number of halogens is 1. The first-order valence-electron chi connectivity index (χ1n) is 8.39. The minimum absolute atomic E-state index is 0. The summed E-state index contributed by atoms with van der Waals surface area (Å²) in [6.07, 6.45) is 0. The molecule has 2 aromatic carbocycles. The van der Waals surface area contributed by atoms with Gasteiger partial charge < -0.3 is 15.6 Å². The number of aromatic nitrogens is 1. The van der Waals surface area contributed by atoms with E-state index in [1.54, 1.807) is 0 Å². The molecule has 0 amide bonds. The lowest BCUT2D eigenvalue weighted by molar-refractivity contribution is 0.804. The Hall–Kier alpha value is -2.02. The third kappa shape index (κ3) is 5.22. The number of fused-ring (bicyclic) bond motifs is 1. The Kier molecular flexibility index (Phi) is 7.31. The molecule has 0 aliphatic heterocycles. The molecule has 1 heterocycles. The number of nitrogens with one attached hydrogen (secondary N) is 3. The molecule has 25 heavy (non-hydrogen) atoms. The Balaban J connectivity index is 0.00000225. The van der Waals surface area contributed by atoms with E-state index >= 15 is 0 Å². The highest BCUT2D eigenvalue weighted by molar-refractivity contribution is 14.0. The van der Waals surface area contributed by atoms with Gasteiger partial charge in [-0.2, -0.15) is 0 Å². The van der Waals surface area contributed by atoms with Crippen molar-refractivity contribution in [1.82, 2.24) is 15.6 Å². The number of aryl methyl sites for hydroxylation is 1. The second-order valence-electron chi connectivity index (χ2n) is 5.86. The number of aromatic amines is 1. The van der Waals surface area contributed by atoms with Gasteiger partial charge in [0.2, 0.25) is 0 Å². The maximum absolute atomic E-state index is 4.69. The Morgan fingerprint density at radius 1 is 1.04 bits per heavy atom. The van der Waals surface area contributed by atoms with Crippen molar-refractivity contribution in [3.8, 4) is 0 Å². The highest BCUT2D eigenvalue weighted by atomic mass is 127. The van der Waals surface area contributed by atoms with Crippen LogP contribution >= 0.6 is 24.0 Å². The fourth-order valence-corrected chi connectivity index (χ4v) is 2.70. The summed E-state index contributed by atoms with van der Waals surface area (Å²) in [4.78, 5) is 8.12. The smallest absolute Gasteiger partial charge is 0.191 e. The third-order valence-electron chi connectivity index (χ3n) is 4.05. The lowest BCUT2D eigenvalue weighted by atomic mass is 10.1. The summed E-state index contributed by atoms with van der Waals surface area (Å²) in [6, 6.07) is 18.8. The molecule has 0 spiro atoms. The number of nitrogens with zero attached hydrogens (tertiary/aromatic N) is 1. The summed E-state index contributed by atoms with van der Waals surface area (Å²) in [7, 11) is 0. The monoisotopic (exact) mass is 448 g/mol. The van der Waals surface area contributed by atoms with Gasteiger partial charge >= 0.3 is 0 Å². The predicted molar refractivity (Wildman–Crippen MR) is 117 cm³/mol. The number of benzene rings is 2. The molecule has 0 atom stereocenters. The molecule has 0 saturated carbocycles. The molecule has 3 rings (SSSR count). The van der Waals surface area contributed by atoms with Gasteiger partial charge in [0.25, 0.3) is 0 Å². The van der Waals surface area contributed by atoms with Crippen LogP contribution in [0, 0.1) is 6.92 Å². The van der Waals surface area contributed by atoms with E-state index in [9.17, 15) is 0 Å². The van der Waals surface area contributed by atoms with E-state index in [1.165, 1.54) is 16.5 Å². The van der Waals surface area contributed by atoms with Gasteiger partial charge in [0.15, 0.2) is 5.96 Å². The lowest BCUT2D eigenvalue weighted by Gasteiger charge is -2.11. The summed E-state index contributed by atoms with van der Waals surface area (Å²) in [6.45, 7) is 6.43. The van der Waals surface area contributed by atoms with Gasteiger partial charge in [-0.3, -0.25) is 0 Å². The van der Waals surface area contributed by atoms with Crippen LogP contribution in [-0.4, -0.2) is 17.5 Å². The van der Waals surface area contributed by atoms with E-state index in [-0.39, 0.29) is 24.0 Å². The minimum atomic E-state index is 0. The topological polar surface area (TPSA) is 52.2 Å². The highest BCUT2D eigenvalue weighted by Crippen LogP contribution is 2.14. The SMILES string of the molecule is CCNC(=NCc1ccccc1C)NCc1cc2ccccc2[nH]1.I. The number of H-pyrrole nitrogens is 1. The molecule has 3 N–H and O–H groups in total. The van der Waals surface area contributed by atoms with Crippen molar-refractivity contribution in [3.05, 3.63) is 71.4 Å². The average molecular weight is 448 g/mol. The summed E-state index contributed by atoms with van der Waals surface area (Å²) >= 11 is 0. The second-order valence-corrected chi connectivity index (χ2v) is 5.86. The summed E-state index contributed by atoms with van der Waals surface area (Å²) < 4.78 is 0. The van der Waals surface area contributed by atoms with Gasteiger partial charge in [-0.1, -0.05) is 42.5 Å². The largest absolute Gasteiger partial charge is 0.357 e. The molecule has 4 nitrogen and oxygen atoms in total. The fraction of sp³-hybridized carbons (Fsp3) is 0.250. The Labute approximate surface area is 166 Å². The quantitative estimate of drug-likeness (QED) is 0.309. The fourth-order valence-electron chi connectivity index (χ4n) is 2.70. The van der Waals surface area contributed by atoms with Crippen molar-refractivity contribution in [3.63, 3.8) is 0 Å². The Morgan fingerprint density at radius 2 is 1.80 bits per heavy atom. The van der Waals surface area contributed by atoms with Crippen LogP contribution in [0.15, 0.2) is 59.6 Å². The van der Waals surface area contributed by atoms with Crippen LogP contribution in [0.25, 0.3) is 10.9 Å². The van der Waals surface area contributed by atoms with Crippen molar-refractivity contribution in [1.29, 1.82) is 0 Å². The number of hydrogen-bond acceptors (Lipinski definition) is 1. The van der Waals surface area contributed by atoms with Gasteiger partial charge in [-0.15, -0.1) is 24.0 Å². The molecule has 5 heteroatoms. The first-order chi connectivity index (χ1) is 11.8. The first-order valence-corrected chi connectivity index (χ1v) is 8.39. The van der Waals surface area contributed by atoms with Crippen molar-refractivity contribution >= 4 is 40.8 Å². The normalized spacial score (nSPS) is 11.2. The second kappa shape index (κ2) is 9.46. The molecule has 0 bridgehead atoms. The van der Waals surface area contributed by atoms with E-state index in [0.717, 1.165) is 23.7 Å². The van der Waals surface area contributed by atoms with Crippen LogP contribution in [-0.2, 0) is 13.1 Å². The molecule has 3 aromatic rings. The van der Waals surface area contributed by atoms with E-state index in [0.29, 0.717) is 13.1 Å². The number of aliphatic imine (C=N–C) groups is 1. The van der Waals surface area contributed by atoms with Crippen LogP contribution in [0.5, 0.6) is 0 Å². The van der Waals surface area contributed by atoms with Gasteiger partial charge in [0, 0.05) is 17.8 Å². The molecule has 0 fully saturated rings. The molecular formula is C20H25IN4. The van der Waals surface area contributed by atoms with Crippen LogP contribution < -0.4 is 10.6 Å². The van der Waals surface area contributed by atoms with Crippen molar-refractivity contribution < 1.29 is 0 Å². The molecule has 0 radical (unpaired) electrons. The molecular weight excluding hydrogens is 423 g/mol. The number of rotatable bonds is 5. The van der Waals surface area contributed by atoms with Gasteiger partial charge in [0.1, 0.15) is 0 Å². The zero-order valence-corrected chi connectivity index (χ0v) is 17.0. The van der Waals surface area contributed by atoms with E-state index in [2.05, 4.69) is 78.0 Å². The van der Waals surface area contributed by atoms with Crippen molar-refractivity contribution in [2.75, 3.05) is 6.54 Å². The minimum Gasteiger partial charge on any atom is -0.357 e. The lowest BCUT2D eigenvalue weighted by Crippen LogP contribution is -2.36. The Bertz CT molecular complexity index is 805. The number of hydrogen-bond donors (Lipinski definition) is 3. The van der Waals surface area contributed by atoms with E-state index < -0.39 is 0 Å². The van der Waals surface area contributed by atoms with Gasteiger partial charge in [-0.05, 0) is 42.5 Å². The zero-order valence-electron chi connectivity index (χ0n) is 14.7. The summed E-state index contributed by atoms with van der Waals surface area (Å²) in [5.74, 6) is 0.833. The maximum atomic E-state index is 4.69. The molecule has 132 valence electrons. The standard InChI is InChI=1S/C20H24N4.HI/c1-3-21-20(22-13-17-10-5-4-8-15(17)2)23-14-18-12-16-9-6-7-11-19(16)24-18;/h4-12,24H,3,13-14H2,1-2H3,(H2,21,22,23);1H. The summed E-state index contributed by atoms with van der Waals surface area (Å²) in [5, 5.41) is 7.93. The van der Waals surface area contributed by atoms with E-state index in [1.807, 2.05) is 6.07 Å². The summed E-state index contributed by atoms with van der Waals surface area (Å²) in [5.41, 5.74) is 4.84. The van der Waals surface area contributed by atoms with Crippen LogP contribution in [0.4, 0.5) is 0 Å². The zero-order chi connectivity index (χ0) is 16.8. The van der Waals surface area contributed by atoms with Gasteiger partial charge in [-0.25, -0.2) is 4.99 Å². The van der Waals surface area contributed by atoms with Crippen LogP contribution in [0.3, 0.4) is 0 Å². The maximum Gasteiger partial charge on any atom is 0.191 e. The molecule has 0 aliphatic carbocycles. The van der Waals surface area contributed by atoms with Crippen molar-refractivity contribution in [2.45, 2.75) is 26.9 Å². The average Bonchev–Trinajstić information content (AvgIpc) is 3.01. The highest BCUT2D eigenvalue weighted by Gasteiger charge is 2.03. The Morgan fingerprint density at radius 3 is 2.56 bits per heavy atom.